The van der Waals surface area contributed by atoms with E-state index in [4.69, 9.17) is 0 Å². The third-order valence-electron chi connectivity index (χ3n) is 3.97. The van der Waals surface area contributed by atoms with E-state index in [-0.39, 0.29) is 11.6 Å². The standard InChI is InChI=1S/C17H15N7O2/c1-10(16(25)21-14-6-8-18-13-7-9-19-24(13)14)20-17(26)15-11-4-2-3-5-12(11)22-23-15/h2-10H,1H3,(H,20,26)(H,21,25)(H,22,23). The number of aromatic nitrogens is 5. The van der Waals surface area contributed by atoms with Crippen LogP contribution in [0.1, 0.15) is 17.4 Å². The molecule has 0 fully saturated rings. The summed E-state index contributed by atoms with van der Waals surface area (Å²) in [4.78, 5) is 29.0. The first-order valence-corrected chi connectivity index (χ1v) is 7.97. The largest absolute Gasteiger partial charge is 0.339 e. The van der Waals surface area contributed by atoms with Crippen molar-refractivity contribution in [2.24, 2.45) is 0 Å². The van der Waals surface area contributed by atoms with E-state index < -0.39 is 11.9 Å². The van der Waals surface area contributed by atoms with Gasteiger partial charge >= 0.3 is 0 Å². The molecule has 0 spiro atoms. The van der Waals surface area contributed by atoms with Gasteiger partial charge in [-0.05, 0) is 19.1 Å². The van der Waals surface area contributed by atoms with Gasteiger partial charge in [0.2, 0.25) is 5.91 Å². The SMILES string of the molecule is CC(NC(=O)c1n[nH]c2ccccc12)C(=O)Nc1ccnc2ccnn12. The van der Waals surface area contributed by atoms with Crippen LogP contribution in [0.5, 0.6) is 0 Å². The van der Waals surface area contributed by atoms with E-state index >= 15 is 0 Å². The van der Waals surface area contributed by atoms with Crippen molar-refractivity contribution in [3.63, 3.8) is 0 Å². The summed E-state index contributed by atoms with van der Waals surface area (Å²) in [6.07, 6.45) is 3.16. The van der Waals surface area contributed by atoms with E-state index in [0.717, 1.165) is 5.52 Å². The number of fused-ring (bicyclic) bond motifs is 2. The quantitative estimate of drug-likeness (QED) is 0.514. The molecule has 1 aromatic carbocycles. The molecule has 2 amide bonds. The molecule has 3 aromatic heterocycles. The highest BCUT2D eigenvalue weighted by atomic mass is 16.2. The molecule has 4 aromatic rings. The van der Waals surface area contributed by atoms with Crippen LogP contribution in [0.2, 0.25) is 0 Å². The van der Waals surface area contributed by atoms with Crippen LogP contribution in [-0.4, -0.2) is 42.7 Å². The van der Waals surface area contributed by atoms with E-state index in [9.17, 15) is 9.59 Å². The lowest BCUT2D eigenvalue weighted by Gasteiger charge is -2.14. The summed E-state index contributed by atoms with van der Waals surface area (Å²) in [5.41, 5.74) is 1.62. The molecule has 0 saturated carbocycles. The van der Waals surface area contributed by atoms with Crippen molar-refractivity contribution in [1.29, 1.82) is 0 Å². The van der Waals surface area contributed by atoms with Gasteiger partial charge in [0, 0.05) is 17.6 Å². The molecule has 0 bridgehead atoms. The van der Waals surface area contributed by atoms with Gasteiger partial charge in [-0.2, -0.15) is 14.7 Å². The van der Waals surface area contributed by atoms with E-state index in [2.05, 4.69) is 30.9 Å². The second-order valence-corrected chi connectivity index (χ2v) is 5.73. The average molecular weight is 349 g/mol. The molecule has 3 heterocycles. The van der Waals surface area contributed by atoms with Gasteiger partial charge in [-0.1, -0.05) is 18.2 Å². The maximum absolute atomic E-state index is 12.5. The minimum atomic E-state index is -0.767. The smallest absolute Gasteiger partial charge is 0.273 e. The lowest BCUT2D eigenvalue weighted by atomic mass is 10.2. The number of rotatable bonds is 4. The lowest BCUT2D eigenvalue weighted by Crippen LogP contribution is -2.42. The first-order valence-electron chi connectivity index (χ1n) is 7.97. The molecule has 130 valence electrons. The maximum Gasteiger partial charge on any atom is 0.273 e. The summed E-state index contributed by atoms with van der Waals surface area (Å²) in [6.45, 7) is 1.60. The maximum atomic E-state index is 12.5. The fraction of sp³-hybridized carbons (Fsp3) is 0.118. The molecule has 4 rings (SSSR count). The summed E-state index contributed by atoms with van der Waals surface area (Å²) < 4.78 is 1.51. The number of aromatic amines is 1. The molecule has 0 radical (unpaired) electrons. The monoisotopic (exact) mass is 349 g/mol. The third kappa shape index (κ3) is 2.75. The number of nitrogens with one attached hydrogen (secondary N) is 3. The number of carbonyl (C=O) groups is 2. The number of anilines is 1. The Balaban J connectivity index is 1.49. The van der Waals surface area contributed by atoms with Crippen LogP contribution in [-0.2, 0) is 4.79 Å². The van der Waals surface area contributed by atoms with Crippen molar-refractivity contribution in [1.82, 2.24) is 30.1 Å². The Hall–Kier alpha value is -3.75. The highest BCUT2D eigenvalue weighted by Gasteiger charge is 2.20. The molecule has 0 aliphatic carbocycles. The van der Waals surface area contributed by atoms with Gasteiger partial charge in [0.15, 0.2) is 11.3 Å². The molecule has 3 N–H and O–H groups in total. The molecule has 0 aliphatic heterocycles. The second-order valence-electron chi connectivity index (χ2n) is 5.73. The number of hydrogen-bond acceptors (Lipinski definition) is 5. The lowest BCUT2D eigenvalue weighted by molar-refractivity contribution is -0.117. The van der Waals surface area contributed by atoms with Gasteiger partial charge < -0.3 is 10.6 Å². The topological polar surface area (TPSA) is 117 Å². The van der Waals surface area contributed by atoms with Crippen LogP contribution in [0.4, 0.5) is 5.82 Å². The zero-order valence-corrected chi connectivity index (χ0v) is 13.8. The normalized spacial score (nSPS) is 12.2. The average Bonchev–Trinajstić information content (AvgIpc) is 3.29. The number of carbonyl (C=O) groups excluding carboxylic acids is 2. The Kier molecular flexibility index (Phi) is 3.81. The number of H-pyrrole nitrogens is 1. The molecule has 1 unspecified atom stereocenters. The molecule has 1 atom stereocenters. The Morgan fingerprint density at radius 1 is 1.15 bits per heavy atom. The predicted octanol–water partition coefficient (Wildman–Crippen LogP) is 1.36. The van der Waals surface area contributed by atoms with Crippen LogP contribution in [0.3, 0.4) is 0 Å². The van der Waals surface area contributed by atoms with Crippen molar-refractivity contribution in [3.8, 4) is 0 Å². The van der Waals surface area contributed by atoms with Gasteiger partial charge in [-0.3, -0.25) is 14.7 Å². The highest BCUT2D eigenvalue weighted by Crippen LogP contribution is 2.15. The zero-order valence-electron chi connectivity index (χ0n) is 13.8. The summed E-state index contributed by atoms with van der Waals surface area (Å²) in [5, 5.41) is 17.0. The van der Waals surface area contributed by atoms with Gasteiger partial charge in [0.1, 0.15) is 11.9 Å². The van der Waals surface area contributed by atoms with Gasteiger partial charge in [-0.25, -0.2) is 4.98 Å². The van der Waals surface area contributed by atoms with E-state index in [1.165, 1.54) is 4.52 Å². The third-order valence-corrected chi connectivity index (χ3v) is 3.97. The zero-order chi connectivity index (χ0) is 18.1. The van der Waals surface area contributed by atoms with Crippen molar-refractivity contribution in [3.05, 3.63) is 54.5 Å². The van der Waals surface area contributed by atoms with Crippen molar-refractivity contribution in [2.45, 2.75) is 13.0 Å². The van der Waals surface area contributed by atoms with Crippen molar-refractivity contribution in [2.75, 3.05) is 5.32 Å². The Labute approximate surface area is 147 Å². The number of amides is 2. The molecular weight excluding hydrogens is 334 g/mol. The summed E-state index contributed by atoms with van der Waals surface area (Å²) in [7, 11) is 0. The van der Waals surface area contributed by atoms with Crippen LogP contribution < -0.4 is 10.6 Å². The van der Waals surface area contributed by atoms with E-state index in [0.29, 0.717) is 16.9 Å². The van der Waals surface area contributed by atoms with Crippen molar-refractivity contribution < 1.29 is 9.59 Å². The second kappa shape index (κ2) is 6.28. The van der Waals surface area contributed by atoms with Crippen LogP contribution in [0.25, 0.3) is 16.6 Å². The minimum absolute atomic E-state index is 0.249. The molecule has 9 heteroatoms. The fourth-order valence-corrected chi connectivity index (χ4v) is 2.63. The van der Waals surface area contributed by atoms with E-state index in [1.807, 2.05) is 18.2 Å². The first-order chi connectivity index (χ1) is 12.6. The van der Waals surface area contributed by atoms with Crippen molar-refractivity contribution >= 4 is 34.2 Å². The number of nitrogens with zero attached hydrogens (tertiary/aromatic N) is 4. The summed E-state index contributed by atoms with van der Waals surface area (Å²) in [6, 6.07) is 9.89. The molecule has 26 heavy (non-hydrogen) atoms. The van der Waals surface area contributed by atoms with Crippen LogP contribution in [0, 0.1) is 0 Å². The van der Waals surface area contributed by atoms with Gasteiger partial charge in [0.25, 0.3) is 5.91 Å². The minimum Gasteiger partial charge on any atom is -0.339 e. The predicted molar refractivity (Wildman–Crippen MR) is 94.6 cm³/mol. The summed E-state index contributed by atoms with van der Waals surface area (Å²) in [5.74, 6) is -0.332. The molecular formula is C17H15N7O2. The molecule has 9 nitrogen and oxygen atoms in total. The fourth-order valence-electron chi connectivity index (χ4n) is 2.63. The molecule has 0 aliphatic rings. The summed E-state index contributed by atoms with van der Waals surface area (Å²) >= 11 is 0. The number of para-hydroxylation sites is 1. The van der Waals surface area contributed by atoms with Gasteiger partial charge in [-0.15, -0.1) is 0 Å². The molecule has 0 saturated heterocycles. The van der Waals surface area contributed by atoms with Crippen LogP contribution >= 0.6 is 0 Å². The van der Waals surface area contributed by atoms with Gasteiger partial charge in [0.05, 0.1) is 11.7 Å². The van der Waals surface area contributed by atoms with E-state index in [1.54, 1.807) is 37.5 Å². The first kappa shape index (κ1) is 15.8. The Morgan fingerprint density at radius 3 is 2.88 bits per heavy atom. The van der Waals surface area contributed by atoms with Crippen LogP contribution in [0.15, 0.2) is 48.8 Å². The number of benzene rings is 1. The highest BCUT2D eigenvalue weighted by molar-refractivity contribution is 6.06. The Morgan fingerprint density at radius 2 is 2.00 bits per heavy atom. The number of hydrogen-bond donors (Lipinski definition) is 3. The Bertz CT molecular complexity index is 1110.